The largest absolute Gasteiger partial charge is 0.326 e. The number of amides is 1. The number of hydrogen-bond donors (Lipinski definition) is 1. The van der Waals surface area contributed by atoms with Gasteiger partial charge in [0, 0.05) is 36.3 Å². The third kappa shape index (κ3) is 4.65. The Labute approximate surface area is 162 Å². The number of benzene rings is 2. The van der Waals surface area contributed by atoms with E-state index in [-0.39, 0.29) is 11.7 Å². The molecule has 138 valence electrons. The molecule has 0 aliphatic rings. The Hall–Kier alpha value is -2.86. The second-order valence-corrected chi connectivity index (χ2v) is 7.26. The van der Waals surface area contributed by atoms with E-state index in [1.54, 1.807) is 30.5 Å². The number of thioether (sulfide) groups is 1. The standard InChI is InChI=1S/C21H21N3O2S/c1-14-4-9-19(12-15(14)2)24-11-10-22-21(24)27-13-20(26)17-5-7-18(8-6-17)23-16(3)25/h4-12H,13H2,1-3H3,(H,23,25). The molecule has 1 amide bonds. The predicted molar refractivity (Wildman–Crippen MR) is 109 cm³/mol. The van der Waals surface area contributed by atoms with Gasteiger partial charge in [-0.3, -0.25) is 14.2 Å². The quantitative estimate of drug-likeness (QED) is 0.509. The Balaban J connectivity index is 1.68. The Morgan fingerprint density at radius 3 is 2.48 bits per heavy atom. The SMILES string of the molecule is CC(=O)Nc1ccc(C(=O)CSc2nccn2-c2ccc(C)c(C)c2)cc1. The molecule has 1 N–H and O–H groups in total. The molecule has 0 atom stereocenters. The van der Waals surface area contributed by atoms with Crippen molar-refractivity contribution < 1.29 is 9.59 Å². The minimum Gasteiger partial charge on any atom is -0.326 e. The summed E-state index contributed by atoms with van der Waals surface area (Å²) in [7, 11) is 0. The highest BCUT2D eigenvalue weighted by Gasteiger charge is 2.11. The highest BCUT2D eigenvalue weighted by molar-refractivity contribution is 7.99. The van der Waals surface area contributed by atoms with Gasteiger partial charge in [0.15, 0.2) is 10.9 Å². The number of aryl methyl sites for hydroxylation is 2. The number of hydrogen-bond acceptors (Lipinski definition) is 4. The Morgan fingerprint density at radius 1 is 1.07 bits per heavy atom. The summed E-state index contributed by atoms with van der Waals surface area (Å²) in [6.45, 7) is 5.61. The van der Waals surface area contributed by atoms with Gasteiger partial charge >= 0.3 is 0 Å². The molecule has 0 fully saturated rings. The lowest BCUT2D eigenvalue weighted by Crippen LogP contribution is -2.07. The number of Topliss-reactive ketones (excluding diaryl/α,β-unsaturated/α-hetero) is 1. The first kappa shape index (κ1) is 18.9. The van der Waals surface area contributed by atoms with Crippen molar-refractivity contribution in [2.45, 2.75) is 25.9 Å². The fourth-order valence-corrected chi connectivity index (χ4v) is 3.49. The van der Waals surface area contributed by atoms with Crippen molar-refractivity contribution in [3.63, 3.8) is 0 Å². The zero-order chi connectivity index (χ0) is 19.4. The van der Waals surface area contributed by atoms with Gasteiger partial charge in [0.1, 0.15) is 0 Å². The Kier molecular flexibility index (Phi) is 5.76. The Bertz CT molecular complexity index is 977. The molecule has 0 aliphatic heterocycles. The van der Waals surface area contributed by atoms with Gasteiger partial charge in [-0.15, -0.1) is 0 Å². The topological polar surface area (TPSA) is 64.0 Å². The summed E-state index contributed by atoms with van der Waals surface area (Å²) in [6, 6.07) is 13.2. The van der Waals surface area contributed by atoms with E-state index >= 15 is 0 Å². The molecular weight excluding hydrogens is 358 g/mol. The van der Waals surface area contributed by atoms with Crippen LogP contribution in [0.5, 0.6) is 0 Å². The molecule has 6 heteroatoms. The lowest BCUT2D eigenvalue weighted by atomic mass is 10.1. The van der Waals surface area contributed by atoms with Crippen LogP contribution in [-0.4, -0.2) is 27.0 Å². The highest BCUT2D eigenvalue weighted by Crippen LogP contribution is 2.23. The summed E-state index contributed by atoms with van der Waals surface area (Å²) in [6.07, 6.45) is 3.64. The second kappa shape index (κ2) is 8.22. The first-order chi connectivity index (χ1) is 12.9. The van der Waals surface area contributed by atoms with Crippen molar-refractivity contribution in [3.8, 4) is 5.69 Å². The van der Waals surface area contributed by atoms with E-state index in [2.05, 4.69) is 42.3 Å². The van der Waals surface area contributed by atoms with Crippen LogP contribution >= 0.6 is 11.8 Å². The fraction of sp³-hybridized carbons (Fsp3) is 0.190. The molecule has 27 heavy (non-hydrogen) atoms. The lowest BCUT2D eigenvalue weighted by Gasteiger charge is -2.09. The van der Waals surface area contributed by atoms with Gasteiger partial charge in [-0.2, -0.15) is 0 Å². The zero-order valence-corrected chi connectivity index (χ0v) is 16.3. The van der Waals surface area contributed by atoms with Gasteiger partial charge < -0.3 is 5.32 Å². The van der Waals surface area contributed by atoms with Crippen LogP contribution in [0.1, 0.15) is 28.4 Å². The molecule has 0 radical (unpaired) electrons. The van der Waals surface area contributed by atoms with E-state index < -0.39 is 0 Å². The Morgan fingerprint density at radius 2 is 1.81 bits per heavy atom. The van der Waals surface area contributed by atoms with Gasteiger partial charge in [0.05, 0.1) is 5.75 Å². The summed E-state index contributed by atoms with van der Waals surface area (Å²) >= 11 is 1.41. The third-order valence-corrected chi connectivity index (χ3v) is 5.20. The van der Waals surface area contributed by atoms with E-state index in [1.807, 2.05) is 10.8 Å². The monoisotopic (exact) mass is 379 g/mol. The van der Waals surface area contributed by atoms with Crippen LogP contribution in [-0.2, 0) is 4.79 Å². The number of imidazole rings is 1. The fourth-order valence-electron chi connectivity index (χ4n) is 2.62. The first-order valence-corrected chi connectivity index (χ1v) is 9.57. The number of rotatable bonds is 6. The van der Waals surface area contributed by atoms with Crippen LogP contribution in [0.2, 0.25) is 0 Å². The molecule has 3 aromatic rings. The highest BCUT2D eigenvalue weighted by atomic mass is 32.2. The molecule has 0 saturated heterocycles. The first-order valence-electron chi connectivity index (χ1n) is 8.58. The number of anilines is 1. The molecule has 1 aromatic heterocycles. The maximum absolute atomic E-state index is 12.5. The van der Waals surface area contributed by atoms with Crippen molar-refractivity contribution in [2.24, 2.45) is 0 Å². The van der Waals surface area contributed by atoms with E-state index in [9.17, 15) is 9.59 Å². The van der Waals surface area contributed by atoms with E-state index in [0.717, 1.165) is 10.8 Å². The molecule has 1 heterocycles. The number of carbonyl (C=O) groups is 2. The maximum Gasteiger partial charge on any atom is 0.221 e. The summed E-state index contributed by atoms with van der Waals surface area (Å²) in [5, 5.41) is 3.47. The smallest absolute Gasteiger partial charge is 0.221 e. The van der Waals surface area contributed by atoms with Crippen molar-refractivity contribution >= 4 is 29.1 Å². The van der Waals surface area contributed by atoms with Crippen LogP contribution in [0, 0.1) is 13.8 Å². The molecule has 0 saturated carbocycles. The molecule has 0 spiro atoms. The average molecular weight is 379 g/mol. The summed E-state index contributed by atoms with van der Waals surface area (Å²) < 4.78 is 1.99. The van der Waals surface area contributed by atoms with Gasteiger partial charge in [-0.25, -0.2) is 4.98 Å². The van der Waals surface area contributed by atoms with Crippen LogP contribution < -0.4 is 5.32 Å². The molecule has 0 unspecified atom stereocenters. The maximum atomic E-state index is 12.5. The minimum atomic E-state index is -0.136. The van der Waals surface area contributed by atoms with E-state index in [0.29, 0.717) is 17.0 Å². The third-order valence-electron chi connectivity index (χ3n) is 4.24. The molecule has 5 nitrogen and oxygen atoms in total. The van der Waals surface area contributed by atoms with Gasteiger partial charge in [0.25, 0.3) is 0 Å². The second-order valence-electron chi connectivity index (χ2n) is 6.32. The van der Waals surface area contributed by atoms with Gasteiger partial charge in [0.2, 0.25) is 5.91 Å². The number of nitrogens with one attached hydrogen (secondary N) is 1. The van der Waals surface area contributed by atoms with E-state index in [4.69, 9.17) is 0 Å². The molecule has 0 aliphatic carbocycles. The summed E-state index contributed by atoms with van der Waals surface area (Å²) in [4.78, 5) is 27.9. The minimum absolute atomic E-state index is 0.0176. The average Bonchev–Trinajstić information content (AvgIpc) is 3.10. The van der Waals surface area contributed by atoms with Gasteiger partial charge in [-0.1, -0.05) is 17.8 Å². The van der Waals surface area contributed by atoms with Crippen molar-refractivity contribution in [1.82, 2.24) is 9.55 Å². The van der Waals surface area contributed by atoms with Gasteiger partial charge in [-0.05, 0) is 61.4 Å². The molecular formula is C21H21N3O2S. The van der Waals surface area contributed by atoms with Crippen LogP contribution in [0.3, 0.4) is 0 Å². The number of nitrogens with zero attached hydrogens (tertiary/aromatic N) is 2. The van der Waals surface area contributed by atoms with Crippen molar-refractivity contribution in [2.75, 3.05) is 11.1 Å². The predicted octanol–water partition coefficient (Wildman–Crippen LogP) is 4.42. The number of carbonyl (C=O) groups excluding carboxylic acids is 2. The lowest BCUT2D eigenvalue weighted by molar-refractivity contribution is -0.114. The number of aromatic nitrogens is 2. The molecule has 2 aromatic carbocycles. The molecule has 0 bridgehead atoms. The summed E-state index contributed by atoms with van der Waals surface area (Å²) in [5.74, 6) is 0.174. The van der Waals surface area contributed by atoms with Crippen molar-refractivity contribution in [1.29, 1.82) is 0 Å². The normalized spacial score (nSPS) is 10.6. The zero-order valence-electron chi connectivity index (χ0n) is 15.5. The van der Waals surface area contributed by atoms with Crippen LogP contribution in [0.4, 0.5) is 5.69 Å². The van der Waals surface area contributed by atoms with E-state index in [1.165, 1.54) is 29.8 Å². The van der Waals surface area contributed by atoms with Crippen LogP contribution in [0.25, 0.3) is 5.69 Å². The van der Waals surface area contributed by atoms with Crippen molar-refractivity contribution in [3.05, 3.63) is 71.5 Å². The summed E-state index contributed by atoms with van der Waals surface area (Å²) in [5.41, 5.74) is 4.78. The molecule has 3 rings (SSSR count). The van der Waals surface area contributed by atoms with Crippen LogP contribution in [0.15, 0.2) is 60.0 Å². The number of ketones is 1.